The van der Waals surface area contributed by atoms with E-state index in [1.807, 2.05) is 24.3 Å². The van der Waals surface area contributed by atoms with Crippen molar-refractivity contribution in [2.45, 2.75) is 17.9 Å². The first-order valence-electron chi connectivity index (χ1n) is 6.41. The highest BCUT2D eigenvalue weighted by molar-refractivity contribution is 7.92. The molecule has 6 heteroatoms. The topological polar surface area (TPSA) is 76.3 Å². The molecule has 0 spiro atoms. The molecule has 0 fully saturated rings. The Hall–Kier alpha value is -2.08. The molecular weight excluding hydrogens is 274 g/mol. The average molecular weight is 289 g/mol. The van der Waals surface area contributed by atoms with E-state index in [1.165, 1.54) is 16.6 Å². The Morgan fingerprint density at radius 1 is 1.15 bits per heavy atom. The second-order valence-electron chi connectivity index (χ2n) is 4.74. The van der Waals surface area contributed by atoms with Crippen LogP contribution in [0.25, 0.3) is 0 Å². The first kappa shape index (κ1) is 12.9. The molecule has 0 amide bonds. The lowest BCUT2D eigenvalue weighted by atomic mass is 10.0. The van der Waals surface area contributed by atoms with Crippen LogP contribution in [0.3, 0.4) is 0 Å². The summed E-state index contributed by atoms with van der Waals surface area (Å²) in [5.41, 5.74) is 7.80. The molecule has 20 heavy (non-hydrogen) atoms. The number of fused-ring (bicyclic) bond motifs is 1. The van der Waals surface area contributed by atoms with E-state index in [4.69, 9.17) is 5.73 Å². The third-order valence-corrected chi connectivity index (χ3v) is 5.11. The van der Waals surface area contributed by atoms with Crippen LogP contribution in [0.15, 0.2) is 47.6 Å². The second kappa shape index (κ2) is 4.79. The van der Waals surface area contributed by atoms with Crippen molar-refractivity contribution in [1.29, 1.82) is 0 Å². The highest BCUT2D eigenvalue weighted by Crippen LogP contribution is 2.31. The largest absolute Gasteiger partial charge is 0.397 e. The molecule has 0 atom stereocenters. The molecule has 3 rings (SSSR count). The monoisotopic (exact) mass is 289 g/mol. The fraction of sp³-hybridized carbons (Fsp3) is 0.214. The summed E-state index contributed by atoms with van der Waals surface area (Å²) in [4.78, 5) is 3.94. The molecule has 0 bridgehead atoms. The van der Waals surface area contributed by atoms with E-state index in [0.717, 1.165) is 24.1 Å². The third kappa shape index (κ3) is 2.12. The van der Waals surface area contributed by atoms with E-state index < -0.39 is 10.0 Å². The molecule has 2 heterocycles. The van der Waals surface area contributed by atoms with Gasteiger partial charge in [-0.05, 0) is 36.6 Å². The Labute approximate surface area is 118 Å². The summed E-state index contributed by atoms with van der Waals surface area (Å²) < 4.78 is 26.8. The maximum absolute atomic E-state index is 12.7. The molecule has 0 saturated carbocycles. The average Bonchev–Trinajstić information content (AvgIpc) is 2.47. The zero-order valence-electron chi connectivity index (χ0n) is 10.9. The Morgan fingerprint density at radius 3 is 2.70 bits per heavy atom. The van der Waals surface area contributed by atoms with Crippen molar-refractivity contribution < 1.29 is 8.42 Å². The van der Waals surface area contributed by atoms with Crippen LogP contribution in [-0.4, -0.2) is 19.9 Å². The summed E-state index contributed by atoms with van der Waals surface area (Å²) >= 11 is 0. The van der Waals surface area contributed by atoms with Gasteiger partial charge in [0.15, 0.2) is 5.03 Å². The van der Waals surface area contributed by atoms with Crippen LogP contribution >= 0.6 is 0 Å². The summed E-state index contributed by atoms with van der Waals surface area (Å²) in [6.07, 6.45) is 3.07. The Morgan fingerprint density at radius 2 is 1.95 bits per heavy atom. The molecule has 2 N–H and O–H groups in total. The fourth-order valence-corrected chi connectivity index (χ4v) is 3.86. The minimum atomic E-state index is -3.63. The maximum Gasteiger partial charge on any atom is 0.281 e. The quantitative estimate of drug-likeness (QED) is 0.914. The van der Waals surface area contributed by atoms with E-state index in [0.29, 0.717) is 12.2 Å². The van der Waals surface area contributed by atoms with Crippen molar-refractivity contribution in [3.05, 3.63) is 48.2 Å². The normalized spacial score (nSPS) is 14.9. The number of aryl methyl sites for hydroxylation is 1. The number of nitrogen functional groups attached to an aromatic ring is 1. The molecule has 1 aliphatic rings. The van der Waals surface area contributed by atoms with Gasteiger partial charge in [0.05, 0.1) is 17.6 Å². The van der Waals surface area contributed by atoms with Gasteiger partial charge in [0.25, 0.3) is 10.0 Å². The Bertz CT molecular complexity index is 726. The van der Waals surface area contributed by atoms with Gasteiger partial charge in [-0.3, -0.25) is 4.31 Å². The first-order chi connectivity index (χ1) is 9.59. The molecule has 1 aliphatic heterocycles. The van der Waals surface area contributed by atoms with Crippen molar-refractivity contribution in [2.75, 3.05) is 16.6 Å². The van der Waals surface area contributed by atoms with Crippen LogP contribution in [0.4, 0.5) is 11.4 Å². The number of hydrogen-bond acceptors (Lipinski definition) is 4. The number of para-hydroxylation sites is 1. The number of nitrogens with zero attached hydrogens (tertiary/aromatic N) is 2. The summed E-state index contributed by atoms with van der Waals surface area (Å²) in [7, 11) is -3.63. The molecule has 2 aromatic rings. The number of pyridine rings is 1. The lowest BCUT2D eigenvalue weighted by molar-refractivity contribution is 0.583. The van der Waals surface area contributed by atoms with Crippen molar-refractivity contribution in [1.82, 2.24) is 4.98 Å². The van der Waals surface area contributed by atoms with Gasteiger partial charge >= 0.3 is 0 Å². The van der Waals surface area contributed by atoms with Crippen LogP contribution < -0.4 is 10.0 Å². The fourth-order valence-electron chi connectivity index (χ4n) is 2.41. The van der Waals surface area contributed by atoms with Gasteiger partial charge in [-0.1, -0.05) is 18.2 Å². The molecule has 0 radical (unpaired) electrons. The van der Waals surface area contributed by atoms with Crippen LogP contribution in [0.2, 0.25) is 0 Å². The lowest BCUT2D eigenvalue weighted by Gasteiger charge is -2.30. The van der Waals surface area contributed by atoms with E-state index in [2.05, 4.69) is 4.98 Å². The van der Waals surface area contributed by atoms with Gasteiger partial charge in [0.1, 0.15) is 0 Å². The van der Waals surface area contributed by atoms with E-state index in [1.54, 1.807) is 6.07 Å². The van der Waals surface area contributed by atoms with E-state index in [9.17, 15) is 8.42 Å². The maximum atomic E-state index is 12.7. The molecule has 1 aromatic carbocycles. The summed E-state index contributed by atoms with van der Waals surface area (Å²) in [5.74, 6) is 0. The Balaban J connectivity index is 2.07. The summed E-state index contributed by atoms with van der Waals surface area (Å²) in [6, 6.07) is 10.6. The second-order valence-corrected chi connectivity index (χ2v) is 6.55. The summed E-state index contributed by atoms with van der Waals surface area (Å²) in [5, 5.41) is 0.0309. The van der Waals surface area contributed by atoms with Gasteiger partial charge in [-0.2, -0.15) is 8.42 Å². The summed E-state index contributed by atoms with van der Waals surface area (Å²) in [6.45, 7) is 0.478. The van der Waals surface area contributed by atoms with Gasteiger partial charge in [-0.25, -0.2) is 4.98 Å². The van der Waals surface area contributed by atoms with Crippen LogP contribution in [0.5, 0.6) is 0 Å². The number of rotatable bonds is 2. The number of benzene rings is 1. The van der Waals surface area contributed by atoms with Gasteiger partial charge < -0.3 is 5.73 Å². The molecule has 5 nitrogen and oxygen atoms in total. The van der Waals surface area contributed by atoms with E-state index >= 15 is 0 Å². The number of hydrogen-bond donors (Lipinski definition) is 1. The van der Waals surface area contributed by atoms with E-state index in [-0.39, 0.29) is 5.03 Å². The molecule has 0 aliphatic carbocycles. The van der Waals surface area contributed by atoms with Crippen LogP contribution in [0.1, 0.15) is 12.0 Å². The zero-order chi connectivity index (χ0) is 14.2. The number of anilines is 2. The molecule has 104 valence electrons. The smallest absolute Gasteiger partial charge is 0.281 e. The number of sulfonamides is 1. The lowest BCUT2D eigenvalue weighted by Crippen LogP contribution is -2.35. The molecule has 0 unspecified atom stereocenters. The minimum Gasteiger partial charge on any atom is -0.397 e. The van der Waals surface area contributed by atoms with Gasteiger partial charge in [0, 0.05) is 6.54 Å². The number of nitrogens with two attached hydrogens (primary N) is 1. The highest BCUT2D eigenvalue weighted by atomic mass is 32.2. The van der Waals surface area contributed by atoms with Crippen LogP contribution in [-0.2, 0) is 16.4 Å². The van der Waals surface area contributed by atoms with Gasteiger partial charge in [0.2, 0.25) is 0 Å². The predicted molar refractivity (Wildman–Crippen MR) is 77.9 cm³/mol. The highest BCUT2D eigenvalue weighted by Gasteiger charge is 2.29. The van der Waals surface area contributed by atoms with Crippen LogP contribution in [0, 0.1) is 0 Å². The minimum absolute atomic E-state index is 0.0309. The van der Waals surface area contributed by atoms with Crippen molar-refractivity contribution >= 4 is 21.4 Å². The predicted octanol–water partition coefficient (Wildman–Crippen LogP) is 1.81. The first-order valence-corrected chi connectivity index (χ1v) is 7.85. The number of aromatic nitrogens is 1. The zero-order valence-corrected chi connectivity index (χ0v) is 11.7. The standard InChI is InChI=1S/C14H15N3O2S/c15-12-7-8-14(16-10-12)20(18,19)17-9-3-5-11-4-1-2-6-13(11)17/h1-2,4,6-8,10H,3,5,9,15H2. The van der Waals surface area contributed by atoms with Crippen molar-refractivity contribution in [3.63, 3.8) is 0 Å². The Kier molecular flexibility index (Phi) is 3.10. The molecular formula is C14H15N3O2S. The van der Waals surface area contributed by atoms with Crippen molar-refractivity contribution in [3.8, 4) is 0 Å². The van der Waals surface area contributed by atoms with Crippen molar-refractivity contribution in [2.24, 2.45) is 0 Å². The molecule has 0 saturated heterocycles. The SMILES string of the molecule is Nc1ccc(S(=O)(=O)N2CCCc3ccccc32)nc1. The molecule has 1 aromatic heterocycles. The third-order valence-electron chi connectivity index (χ3n) is 3.38. The van der Waals surface area contributed by atoms with Gasteiger partial charge in [-0.15, -0.1) is 0 Å².